The number of nitrogens with one attached hydrogen (secondary N) is 1. The third-order valence-corrected chi connectivity index (χ3v) is 5.18. The van der Waals surface area contributed by atoms with Crippen molar-refractivity contribution in [1.82, 2.24) is 24.8 Å². The van der Waals surface area contributed by atoms with Gasteiger partial charge in [0.05, 0.1) is 27.6 Å². The van der Waals surface area contributed by atoms with Gasteiger partial charge in [0.2, 0.25) is 10.8 Å². The summed E-state index contributed by atoms with van der Waals surface area (Å²) in [6.07, 6.45) is 4.72. The molecule has 4 heterocycles. The van der Waals surface area contributed by atoms with Crippen molar-refractivity contribution in [3.8, 4) is 22.8 Å². The standard InChI is InChI=1S/C18H10N6O4S/c25-17-14(29-18-20-16(22-23(17)18)13-5-2-6-28-13)8-11-9-19-21-15(11)10-3-1-4-12(7-10)24(26)27/h1-9H,(H,19,21)/b14-8-. The van der Waals surface area contributed by atoms with E-state index in [0.29, 0.717) is 37.9 Å². The molecule has 1 N–H and O–H groups in total. The highest BCUT2D eigenvalue weighted by atomic mass is 32.1. The van der Waals surface area contributed by atoms with Crippen molar-refractivity contribution >= 4 is 28.1 Å². The van der Waals surface area contributed by atoms with Crippen LogP contribution in [0.2, 0.25) is 0 Å². The Hall–Kier alpha value is -4.12. The van der Waals surface area contributed by atoms with Crippen LogP contribution in [0.5, 0.6) is 0 Å². The Bertz CT molecular complexity index is 1460. The Morgan fingerprint density at radius 1 is 1.28 bits per heavy atom. The number of hydrogen-bond acceptors (Lipinski definition) is 8. The molecule has 0 unspecified atom stereocenters. The van der Waals surface area contributed by atoms with Crippen LogP contribution >= 0.6 is 11.3 Å². The number of H-pyrrole nitrogens is 1. The topological polar surface area (TPSA) is 132 Å². The van der Waals surface area contributed by atoms with Crippen molar-refractivity contribution in [2.24, 2.45) is 0 Å². The highest BCUT2D eigenvalue weighted by Gasteiger charge is 2.15. The summed E-state index contributed by atoms with van der Waals surface area (Å²) in [4.78, 5) is 28.1. The van der Waals surface area contributed by atoms with Crippen LogP contribution < -0.4 is 10.1 Å². The fourth-order valence-electron chi connectivity index (χ4n) is 2.90. The Morgan fingerprint density at radius 3 is 2.93 bits per heavy atom. The van der Waals surface area contributed by atoms with Crippen LogP contribution in [-0.4, -0.2) is 29.7 Å². The minimum atomic E-state index is -0.463. The second kappa shape index (κ2) is 6.49. The Morgan fingerprint density at radius 2 is 2.17 bits per heavy atom. The quantitative estimate of drug-likeness (QED) is 0.357. The van der Waals surface area contributed by atoms with Gasteiger partial charge in [0.25, 0.3) is 11.2 Å². The Labute approximate surface area is 164 Å². The van der Waals surface area contributed by atoms with Crippen LogP contribution in [0.4, 0.5) is 5.69 Å². The monoisotopic (exact) mass is 406 g/mol. The van der Waals surface area contributed by atoms with Gasteiger partial charge in [0.15, 0.2) is 5.76 Å². The van der Waals surface area contributed by atoms with Gasteiger partial charge in [-0.05, 0) is 18.2 Å². The average molecular weight is 406 g/mol. The molecule has 10 nitrogen and oxygen atoms in total. The number of aromatic amines is 1. The number of thiazole rings is 1. The van der Waals surface area contributed by atoms with Crippen LogP contribution in [0.25, 0.3) is 33.9 Å². The highest BCUT2D eigenvalue weighted by Crippen LogP contribution is 2.25. The number of furan rings is 1. The molecule has 4 aromatic heterocycles. The van der Waals surface area contributed by atoms with E-state index in [-0.39, 0.29) is 11.2 Å². The van der Waals surface area contributed by atoms with Crippen LogP contribution in [0, 0.1) is 10.1 Å². The maximum absolute atomic E-state index is 12.7. The first-order chi connectivity index (χ1) is 14.1. The van der Waals surface area contributed by atoms with Gasteiger partial charge in [0, 0.05) is 23.3 Å². The number of non-ortho nitro benzene ring substituents is 1. The zero-order chi connectivity index (χ0) is 20.0. The van der Waals surface area contributed by atoms with Crippen molar-refractivity contribution in [2.45, 2.75) is 0 Å². The van der Waals surface area contributed by atoms with Gasteiger partial charge in [-0.3, -0.25) is 20.0 Å². The minimum Gasteiger partial charge on any atom is -0.461 e. The van der Waals surface area contributed by atoms with E-state index in [1.807, 2.05) is 0 Å². The van der Waals surface area contributed by atoms with Crippen LogP contribution in [0.1, 0.15) is 5.56 Å². The lowest BCUT2D eigenvalue weighted by Crippen LogP contribution is -2.23. The van der Waals surface area contributed by atoms with Crippen LogP contribution in [0.3, 0.4) is 0 Å². The largest absolute Gasteiger partial charge is 0.461 e. The smallest absolute Gasteiger partial charge is 0.291 e. The molecule has 0 radical (unpaired) electrons. The fraction of sp³-hybridized carbons (Fsp3) is 0. The van der Waals surface area contributed by atoms with Gasteiger partial charge < -0.3 is 4.42 Å². The van der Waals surface area contributed by atoms with Crippen molar-refractivity contribution < 1.29 is 9.34 Å². The molecule has 5 aromatic rings. The van der Waals surface area contributed by atoms with Gasteiger partial charge in [-0.25, -0.2) is 0 Å². The minimum absolute atomic E-state index is 0.0307. The van der Waals surface area contributed by atoms with Crippen molar-refractivity contribution in [3.63, 3.8) is 0 Å². The molecular weight excluding hydrogens is 396 g/mol. The van der Waals surface area contributed by atoms with E-state index in [0.717, 1.165) is 0 Å². The first-order valence-electron chi connectivity index (χ1n) is 8.33. The first kappa shape index (κ1) is 17.0. The summed E-state index contributed by atoms with van der Waals surface area (Å²) in [6.45, 7) is 0. The third kappa shape index (κ3) is 2.89. The molecule has 0 amide bonds. The Kier molecular flexibility index (Phi) is 3.81. The molecule has 0 aliphatic carbocycles. The zero-order valence-electron chi connectivity index (χ0n) is 14.5. The van der Waals surface area contributed by atoms with E-state index < -0.39 is 4.92 Å². The lowest BCUT2D eigenvalue weighted by atomic mass is 10.1. The van der Waals surface area contributed by atoms with E-state index in [1.54, 1.807) is 36.5 Å². The lowest BCUT2D eigenvalue weighted by molar-refractivity contribution is -0.384. The second-order valence-electron chi connectivity index (χ2n) is 6.03. The molecule has 5 rings (SSSR count). The molecule has 1 aromatic carbocycles. The van der Waals surface area contributed by atoms with E-state index >= 15 is 0 Å². The summed E-state index contributed by atoms with van der Waals surface area (Å²) < 4.78 is 6.90. The summed E-state index contributed by atoms with van der Waals surface area (Å²) in [7, 11) is 0. The molecule has 0 fully saturated rings. The number of rotatable bonds is 4. The molecule has 0 atom stereocenters. The highest BCUT2D eigenvalue weighted by molar-refractivity contribution is 7.15. The van der Waals surface area contributed by atoms with Gasteiger partial charge >= 0.3 is 0 Å². The van der Waals surface area contributed by atoms with Crippen LogP contribution in [0.15, 0.2) is 58.1 Å². The summed E-state index contributed by atoms with van der Waals surface area (Å²) in [5.41, 5.74) is 1.44. The molecule has 0 spiro atoms. The number of aromatic nitrogens is 5. The maximum Gasteiger partial charge on any atom is 0.291 e. The van der Waals surface area contributed by atoms with E-state index in [4.69, 9.17) is 4.42 Å². The molecule has 142 valence electrons. The molecule has 11 heteroatoms. The fourth-order valence-corrected chi connectivity index (χ4v) is 3.79. The maximum atomic E-state index is 12.7. The first-order valence-corrected chi connectivity index (χ1v) is 9.15. The van der Waals surface area contributed by atoms with E-state index in [9.17, 15) is 14.9 Å². The number of nitrogens with zero attached hydrogens (tertiary/aromatic N) is 5. The lowest BCUT2D eigenvalue weighted by Gasteiger charge is -1.99. The van der Waals surface area contributed by atoms with Crippen LogP contribution in [-0.2, 0) is 0 Å². The SMILES string of the molecule is O=c1/c(=C/c2cn[nH]c2-c2cccc([N+](=O)[O-])c2)sc2nc(-c3ccco3)nn12. The molecule has 0 saturated heterocycles. The molecular formula is C18H10N6O4S. The number of fused-ring (bicyclic) bond motifs is 1. The van der Waals surface area contributed by atoms with Gasteiger partial charge in [0.1, 0.15) is 0 Å². The third-order valence-electron chi connectivity index (χ3n) is 4.22. The molecule has 0 saturated carbocycles. The summed E-state index contributed by atoms with van der Waals surface area (Å²) in [5, 5.41) is 22.1. The predicted molar refractivity (Wildman–Crippen MR) is 104 cm³/mol. The number of benzene rings is 1. The van der Waals surface area contributed by atoms with Crippen molar-refractivity contribution in [1.29, 1.82) is 0 Å². The zero-order valence-corrected chi connectivity index (χ0v) is 15.3. The predicted octanol–water partition coefficient (Wildman–Crippen LogP) is 2.26. The second-order valence-corrected chi connectivity index (χ2v) is 7.04. The van der Waals surface area contributed by atoms with E-state index in [1.165, 1.54) is 34.2 Å². The summed E-state index contributed by atoms with van der Waals surface area (Å²) in [5.74, 6) is 0.819. The van der Waals surface area contributed by atoms with E-state index in [2.05, 4.69) is 20.3 Å². The summed E-state index contributed by atoms with van der Waals surface area (Å²) in [6, 6.07) is 9.62. The van der Waals surface area contributed by atoms with Gasteiger partial charge in [-0.2, -0.15) is 14.6 Å². The number of hydrogen-bond donors (Lipinski definition) is 1. The van der Waals surface area contributed by atoms with Crippen molar-refractivity contribution in [2.75, 3.05) is 0 Å². The number of nitro groups is 1. The van der Waals surface area contributed by atoms with Gasteiger partial charge in [-0.15, -0.1) is 5.10 Å². The number of nitro benzene ring substituents is 1. The average Bonchev–Trinajstić information content (AvgIpc) is 3.49. The molecule has 0 aliphatic rings. The van der Waals surface area contributed by atoms with Crippen molar-refractivity contribution in [3.05, 3.63) is 79.4 Å². The molecule has 29 heavy (non-hydrogen) atoms. The molecule has 0 aliphatic heterocycles. The summed E-state index contributed by atoms with van der Waals surface area (Å²) >= 11 is 1.18. The van der Waals surface area contributed by atoms with Gasteiger partial charge in [-0.1, -0.05) is 23.5 Å². The molecule has 0 bridgehead atoms. The normalized spacial score (nSPS) is 12.1. The Balaban J connectivity index is 1.59.